The van der Waals surface area contributed by atoms with Crippen molar-refractivity contribution in [3.8, 4) is 23.1 Å². The summed E-state index contributed by atoms with van der Waals surface area (Å²) in [7, 11) is -6.14. The first-order valence-corrected chi connectivity index (χ1v) is 15.3. The summed E-state index contributed by atoms with van der Waals surface area (Å²) in [6, 6.07) is 39.1. The summed E-state index contributed by atoms with van der Waals surface area (Å²) < 4.78 is 56.8. The molecule has 2 heterocycles. The first-order valence-electron chi connectivity index (χ1n) is 13.3. The second-order valence-corrected chi connectivity index (χ2v) is 12.3. The van der Waals surface area contributed by atoms with E-state index in [2.05, 4.69) is 77.8 Å². The first-order chi connectivity index (χ1) is 20.7. The fourth-order valence-corrected chi connectivity index (χ4v) is 7.89. The van der Waals surface area contributed by atoms with Gasteiger partial charge in [-0.25, -0.2) is 4.98 Å². The Hall–Kier alpha value is -4.09. The molecule has 0 saturated heterocycles. The van der Waals surface area contributed by atoms with Crippen LogP contribution in [0.15, 0.2) is 146 Å². The van der Waals surface area contributed by atoms with Gasteiger partial charge in [-0.05, 0) is 85.8 Å². The Morgan fingerprint density at radius 3 is 1.77 bits per heavy atom. The summed E-state index contributed by atoms with van der Waals surface area (Å²) in [5.74, 6) is 2.92. The van der Waals surface area contributed by atoms with Crippen molar-refractivity contribution in [1.29, 1.82) is 0 Å². The van der Waals surface area contributed by atoms with Crippen LogP contribution in [-0.4, -0.2) is 24.9 Å². The van der Waals surface area contributed by atoms with Crippen LogP contribution in [0, 0.1) is 0 Å². The molecule has 220 valence electrons. The number of fused-ring (bicyclic) bond motifs is 2. The van der Waals surface area contributed by atoms with Crippen LogP contribution in [0.4, 0.5) is 17.3 Å². The van der Waals surface area contributed by atoms with Crippen molar-refractivity contribution in [2.45, 2.75) is 37.5 Å². The van der Waals surface area contributed by atoms with Crippen LogP contribution in [0.25, 0.3) is 0 Å². The van der Waals surface area contributed by atoms with E-state index in [1.165, 1.54) is 24.5 Å². The number of halogens is 4. The van der Waals surface area contributed by atoms with Gasteiger partial charge in [0.2, 0.25) is 5.88 Å². The molecule has 6 rings (SSSR count). The molecule has 11 heteroatoms. The molecule has 0 radical (unpaired) electrons. The fourth-order valence-electron chi connectivity index (χ4n) is 4.15. The zero-order valence-corrected chi connectivity index (χ0v) is 24.5. The molecule has 5 aromatic rings. The average Bonchev–Trinajstić information content (AvgIpc) is 3.00. The summed E-state index contributed by atoms with van der Waals surface area (Å²) >= 11 is 1.85. The Morgan fingerprint density at radius 1 is 0.698 bits per heavy atom. The topological polar surface area (TPSA) is 40.6 Å². The monoisotopic (exact) mass is 623 g/mol. The Labute approximate surface area is 254 Å². The Kier molecular flexibility index (Phi) is 9.84. The molecule has 1 aliphatic rings. The van der Waals surface area contributed by atoms with Gasteiger partial charge in [0.05, 0.1) is 9.79 Å². The van der Waals surface area contributed by atoms with Crippen molar-refractivity contribution in [3.63, 3.8) is 0 Å². The van der Waals surface area contributed by atoms with E-state index >= 15 is 0 Å². The normalized spacial score (nSPS) is 13.0. The molecule has 4 aromatic carbocycles. The van der Waals surface area contributed by atoms with E-state index in [4.69, 9.17) is 14.2 Å². The highest BCUT2D eigenvalue weighted by molar-refractivity contribution is 8.04. The number of aromatic nitrogens is 1. The lowest BCUT2D eigenvalue weighted by Gasteiger charge is -2.18. The van der Waals surface area contributed by atoms with E-state index in [0.717, 1.165) is 17.2 Å². The van der Waals surface area contributed by atoms with Gasteiger partial charge in [0.25, 0.3) is 0 Å². The van der Waals surface area contributed by atoms with E-state index < -0.39 is 7.25 Å². The number of nitrogens with zero attached hydrogens (tertiary/aromatic N) is 1. The molecular weight excluding hydrogens is 597 g/mol. The molecule has 1 atom stereocenters. The minimum atomic E-state index is -6.00. The molecular formula is C32H26BF4NO3S2. The molecule has 43 heavy (non-hydrogen) atoms. The standard InChI is InChI=1S/C32H26NO3S2.BF4/c1-23(35-32-12-6-7-21-33-32)22-34-24-13-15-25(16-14-24)36-26-17-19-27(20-18-26)38-30-10-4-2-8-28(30)37-29-9-3-5-11-31(29)38;2-1(3,4)5/h2-21,23H,22H2,1H3;/q+1;-1. The van der Waals surface area contributed by atoms with Crippen LogP contribution in [0.5, 0.6) is 23.1 Å². The number of rotatable bonds is 8. The molecule has 0 N–H and O–H groups in total. The van der Waals surface area contributed by atoms with E-state index in [1.807, 2.05) is 61.2 Å². The minimum absolute atomic E-state index is 0.123. The lowest BCUT2D eigenvalue weighted by Crippen LogP contribution is -2.21. The maximum atomic E-state index is 9.75. The molecule has 0 aliphatic carbocycles. The maximum absolute atomic E-state index is 9.75. The lowest BCUT2D eigenvalue weighted by atomic mass is 10.3. The summed E-state index contributed by atoms with van der Waals surface area (Å²) in [5, 5.41) is 0. The number of benzene rings is 4. The average molecular weight is 624 g/mol. The SMILES string of the molecule is CC(COc1ccc(Oc2ccc([S+]3c4ccccc4Sc4ccccc43)cc2)cc1)Oc1ccccn1.F[B-](F)(F)F. The van der Waals surface area contributed by atoms with Gasteiger partial charge in [0, 0.05) is 12.3 Å². The van der Waals surface area contributed by atoms with Crippen LogP contribution < -0.4 is 14.2 Å². The van der Waals surface area contributed by atoms with Crippen molar-refractivity contribution in [1.82, 2.24) is 4.98 Å². The summed E-state index contributed by atoms with van der Waals surface area (Å²) in [4.78, 5) is 10.9. The molecule has 0 spiro atoms. The number of hydrogen-bond donors (Lipinski definition) is 0. The molecule has 0 bridgehead atoms. The number of hydrogen-bond acceptors (Lipinski definition) is 5. The van der Waals surface area contributed by atoms with Crippen LogP contribution in [0.3, 0.4) is 0 Å². The molecule has 0 saturated carbocycles. The van der Waals surface area contributed by atoms with Crippen molar-refractivity contribution in [2.24, 2.45) is 0 Å². The third kappa shape index (κ3) is 8.71. The predicted octanol–water partition coefficient (Wildman–Crippen LogP) is 9.58. The van der Waals surface area contributed by atoms with Crippen LogP contribution in [0.1, 0.15) is 6.92 Å². The number of ether oxygens (including phenoxy) is 3. The first kappa shape index (κ1) is 30.4. The summed E-state index contributed by atoms with van der Waals surface area (Å²) in [6.45, 7) is 2.38. The molecule has 0 fully saturated rings. The summed E-state index contributed by atoms with van der Waals surface area (Å²) in [5.41, 5.74) is 0. The van der Waals surface area contributed by atoms with E-state index in [1.54, 1.807) is 6.20 Å². The highest BCUT2D eigenvalue weighted by atomic mass is 32.2. The van der Waals surface area contributed by atoms with Crippen molar-refractivity contribution in [3.05, 3.63) is 121 Å². The van der Waals surface area contributed by atoms with Crippen LogP contribution in [0.2, 0.25) is 0 Å². The highest BCUT2D eigenvalue weighted by Gasteiger charge is 2.37. The zero-order chi connectivity index (χ0) is 30.2. The number of pyridine rings is 1. The van der Waals surface area contributed by atoms with Gasteiger partial charge >= 0.3 is 7.25 Å². The van der Waals surface area contributed by atoms with Gasteiger partial charge in [-0.15, -0.1) is 0 Å². The smallest absolute Gasteiger partial charge is 0.490 e. The van der Waals surface area contributed by atoms with Crippen LogP contribution >= 0.6 is 11.8 Å². The molecule has 1 aliphatic heterocycles. The largest absolute Gasteiger partial charge is 0.673 e. The second kappa shape index (κ2) is 13.9. The molecule has 0 amide bonds. The Bertz CT molecular complexity index is 1570. The van der Waals surface area contributed by atoms with Crippen molar-refractivity contribution < 1.29 is 31.5 Å². The van der Waals surface area contributed by atoms with Gasteiger partial charge in [0.1, 0.15) is 40.9 Å². The van der Waals surface area contributed by atoms with Gasteiger partial charge in [-0.3, -0.25) is 0 Å². The van der Waals surface area contributed by atoms with Gasteiger partial charge in [0.15, 0.2) is 14.7 Å². The van der Waals surface area contributed by atoms with Crippen molar-refractivity contribution >= 4 is 29.9 Å². The van der Waals surface area contributed by atoms with Crippen LogP contribution in [-0.2, 0) is 10.9 Å². The quantitative estimate of drug-likeness (QED) is 0.0960. The zero-order valence-electron chi connectivity index (χ0n) is 22.9. The highest BCUT2D eigenvalue weighted by Crippen LogP contribution is 2.48. The Balaban J connectivity index is 0.000000682. The van der Waals surface area contributed by atoms with E-state index in [9.17, 15) is 17.3 Å². The van der Waals surface area contributed by atoms with Gasteiger partial charge < -0.3 is 31.5 Å². The molecule has 1 unspecified atom stereocenters. The third-order valence-electron chi connectivity index (χ3n) is 5.92. The predicted molar refractivity (Wildman–Crippen MR) is 162 cm³/mol. The summed E-state index contributed by atoms with van der Waals surface area (Å²) in [6.07, 6.45) is 1.59. The minimum Gasteiger partial charge on any atom is -0.490 e. The molecule has 4 nitrogen and oxygen atoms in total. The van der Waals surface area contributed by atoms with Gasteiger partial charge in [-0.2, -0.15) is 0 Å². The maximum Gasteiger partial charge on any atom is 0.673 e. The van der Waals surface area contributed by atoms with Gasteiger partial charge in [-0.1, -0.05) is 42.1 Å². The third-order valence-corrected chi connectivity index (χ3v) is 9.67. The van der Waals surface area contributed by atoms with E-state index in [0.29, 0.717) is 12.5 Å². The lowest BCUT2D eigenvalue weighted by molar-refractivity contribution is 0.138. The second-order valence-electron chi connectivity index (χ2n) is 9.25. The molecule has 1 aromatic heterocycles. The fraction of sp³-hybridized carbons (Fsp3) is 0.0938. The Morgan fingerprint density at radius 2 is 1.21 bits per heavy atom. The van der Waals surface area contributed by atoms with Crippen molar-refractivity contribution in [2.75, 3.05) is 6.61 Å². The van der Waals surface area contributed by atoms with E-state index in [-0.39, 0.29) is 17.0 Å².